The van der Waals surface area contributed by atoms with E-state index in [9.17, 15) is 5.11 Å². The van der Waals surface area contributed by atoms with E-state index in [0.29, 0.717) is 22.6 Å². The van der Waals surface area contributed by atoms with Crippen LogP contribution in [-0.2, 0) is 0 Å². The van der Waals surface area contributed by atoms with Crippen molar-refractivity contribution in [1.82, 2.24) is 0 Å². The van der Waals surface area contributed by atoms with Crippen molar-refractivity contribution < 1.29 is 5.11 Å². The van der Waals surface area contributed by atoms with Crippen LogP contribution in [0.1, 0.15) is 105 Å². The fourth-order valence-electron chi connectivity index (χ4n) is 8.43. The molecule has 4 saturated carbocycles. The van der Waals surface area contributed by atoms with Gasteiger partial charge in [0.05, 0.1) is 5.76 Å². The van der Waals surface area contributed by atoms with Gasteiger partial charge in [-0.1, -0.05) is 40.9 Å². The Morgan fingerprint density at radius 3 is 2.16 bits per heavy atom. The van der Waals surface area contributed by atoms with E-state index in [4.69, 9.17) is 5.73 Å². The Morgan fingerprint density at radius 2 is 1.53 bits per heavy atom. The van der Waals surface area contributed by atoms with Crippen LogP contribution >= 0.6 is 9.24 Å². The van der Waals surface area contributed by atoms with Crippen LogP contribution in [0, 0.1) is 40.4 Å². The second kappa shape index (κ2) is 13.7. The summed E-state index contributed by atoms with van der Waals surface area (Å²) in [4.78, 5) is 0. The van der Waals surface area contributed by atoms with Gasteiger partial charge in [-0.15, -0.1) is 9.24 Å². The van der Waals surface area contributed by atoms with Gasteiger partial charge in [-0.3, -0.25) is 0 Å². The summed E-state index contributed by atoms with van der Waals surface area (Å²) in [5, 5.41) is 9.43. The maximum absolute atomic E-state index is 9.43. The summed E-state index contributed by atoms with van der Waals surface area (Å²) in [6.07, 6.45) is 15.8. The van der Waals surface area contributed by atoms with Gasteiger partial charge in [0.15, 0.2) is 0 Å². The van der Waals surface area contributed by atoms with Gasteiger partial charge in [0.1, 0.15) is 0 Å². The molecule has 4 heteroatoms. The largest absolute Gasteiger partial charge is 0.513 e. The molecule has 0 aromatic heterocycles. The smallest absolute Gasteiger partial charge is 0.0851 e. The van der Waals surface area contributed by atoms with E-state index < -0.39 is 0 Å². The first kappa shape index (κ1) is 29.9. The lowest BCUT2D eigenvalue weighted by Crippen LogP contribution is -2.54. The molecule has 4 aliphatic carbocycles. The van der Waals surface area contributed by atoms with Crippen LogP contribution in [0.4, 0.5) is 0 Å². The first-order valence-corrected chi connectivity index (χ1v) is 14.8. The van der Waals surface area contributed by atoms with E-state index in [1.807, 2.05) is 20.5 Å². The number of allylic oxidation sites excluding steroid dienone is 1. The predicted octanol–water partition coefficient (Wildman–Crippen LogP) is 7.31. The molecule has 3 nitrogen and oxygen atoms in total. The molecule has 0 radical (unpaired) electrons. The molecule has 9 atom stereocenters. The van der Waals surface area contributed by atoms with Gasteiger partial charge < -0.3 is 16.6 Å². The van der Waals surface area contributed by atoms with Crippen molar-refractivity contribution >= 4 is 9.24 Å². The van der Waals surface area contributed by atoms with Crippen molar-refractivity contribution in [3.05, 3.63) is 12.3 Å². The molecule has 190 valence electrons. The zero-order valence-corrected chi connectivity index (χ0v) is 23.5. The molecule has 0 aromatic carbocycles. The lowest BCUT2D eigenvalue weighted by molar-refractivity contribution is -0.113. The summed E-state index contributed by atoms with van der Waals surface area (Å²) in [6, 6.07) is 0.468. The maximum atomic E-state index is 9.43. The lowest BCUT2D eigenvalue weighted by Gasteiger charge is -2.61. The van der Waals surface area contributed by atoms with Crippen LogP contribution < -0.4 is 11.5 Å². The van der Waals surface area contributed by atoms with Crippen molar-refractivity contribution in [1.29, 1.82) is 0 Å². The standard InChI is InChI=1S/C24H41NO.C2H6.CH5N.CH5P/c1-16(26)5-4-6-17-8-10-21-20-9-7-18-15-19(25)11-13-24(18,3)22(20)12-14-23(17,21)2;3*1-2/h17-22,26H,1,4-15,25H2,2-3H3;1-2H3;2*2H2,1H3. The minimum absolute atomic E-state index is 0.371. The van der Waals surface area contributed by atoms with Crippen molar-refractivity contribution in [2.75, 3.05) is 13.7 Å². The quantitative estimate of drug-likeness (QED) is 0.299. The first-order chi connectivity index (χ1) is 15.3. The van der Waals surface area contributed by atoms with Gasteiger partial charge in [0.25, 0.3) is 0 Å². The molecule has 0 aromatic rings. The zero-order valence-electron chi connectivity index (χ0n) is 22.3. The molecule has 0 saturated heterocycles. The number of rotatable bonds is 4. The number of hydrogen-bond acceptors (Lipinski definition) is 3. The third-order valence-corrected chi connectivity index (χ3v) is 9.92. The minimum atomic E-state index is 0.371. The Labute approximate surface area is 203 Å². The fraction of sp³-hybridized carbons (Fsp3) is 0.929. The maximum Gasteiger partial charge on any atom is 0.0851 e. The average molecular weight is 469 g/mol. The Kier molecular flexibility index (Phi) is 12.8. The van der Waals surface area contributed by atoms with E-state index in [1.54, 1.807) is 0 Å². The molecule has 0 bridgehead atoms. The van der Waals surface area contributed by atoms with Crippen LogP contribution in [0.25, 0.3) is 0 Å². The predicted molar refractivity (Wildman–Crippen MR) is 146 cm³/mol. The summed E-state index contributed by atoms with van der Waals surface area (Å²) in [5.74, 6) is 5.03. The highest BCUT2D eigenvalue weighted by Gasteiger charge is 2.59. The minimum Gasteiger partial charge on any atom is -0.513 e. The summed E-state index contributed by atoms with van der Waals surface area (Å²) in [5.41, 5.74) is 12.0. The van der Waals surface area contributed by atoms with Crippen molar-refractivity contribution in [3.63, 3.8) is 0 Å². The van der Waals surface area contributed by atoms with E-state index in [1.165, 1.54) is 71.3 Å². The van der Waals surface area contributed by atoms with Crippen LogP contribution in [0.2, 0.25) is 0 Å². The van der Waals surface area contributed by atoms with Gasteiger partial charge in [0.2, 0.25) is 0 Å². The molecule has 4 fully saturated rings. The normalized spacial score (nSPS) is 41.7. The van der Waals surface area contributed by atoms with Crippen LogP contribution in [0.5, 0.6) is 0 Å². The average Bonchev–Trinajstić information content (AvgIpc) is 3.14. The highest BCUT2D eigenvalue weighted by molar-refractivity contribution is 7.15. The highest BCUT2D eigenvalue weighted by atomic mass is 31.0. The van der Waals surface area contributed by atoms with E-state index in [2.05, 4.69) is 35.4 Å². The third-order valence-electron chi connectivity index (χ3n) is 9.92. The van der Waals surface area contributed by atoms with E-state index in [-0.39, 0.29) is 0 Å². The molecule has 0 heterocycles. The second-order valence-corrected chi connectivity index (χ2v) is 11.0. The number of hydrogen-bond donors (Lipinski definition) is 3. The van der Waals surface area contributed by atoms with Crippen LogP contribution in [0.3, 0.4) is 0 Å². The Balaban J connectivity index is 0.000000789. The van der Waals surface area contributed by atoms with Crippen LogP contribution in [-0.4, -0.2) is 24.9 Å². The summed E-state index contributed by atoms with van der Waals surface area (Å²) in [6.45, 7) is 14.9. The molecule has 9 unspecified atom stereocenters. The zero-order chi connectivity index (χ0) is 24.5. The molecule has 4 rings (SSSR count). The highest BCUT2D eigenvalue weighted by Crippen LogP contribution is 2.67. The van der Waals surface area contributed by atoms with Crippen molar-refractivity contribution in [2.24, 2.45) is 51.9 Å². The third kappa shape index (κ3) is 6.11. The topological polar surface area (TPSA) is 72.3 Å². The molecular formula is C28H57N2OP. The first-order valence-electron chi connectivity index (χ1n) is 13.6. The number of aliphatic hydroxyl groups is 1. The molecule has 0 amide bonds. The van der Waals surface area contributed by atoms with Gasteiger partial charge in [-0.05, 0) is 118 Å². The molecular weight excluding hydrogens is 411 g/mol. The monoisotopic (exact) mass is 468 g/mol. The lowest BCUT2D eigenvalue weighted by atomic mass is 9.44. The van der Waals surface area contributed by atoms with Gasteiger partial charge >= 0.3 is 0 Å². The van der Waals surface area contributed by atoms with E-state index >= 15 is 0 Å². The van der Waals surface area contributed by atoms with Gasteiger partial charge in [-0.2, -0.15) is 0 Å². The summed E-state index contributed by atoms with van der Waals surface area (Å²) in [7, 11) is 3.92. The Hall–Kier alpha value is -0.110. The van der Waals surface area contributed by atoms with Gasteiger partial charge in [-0.25, -0.2) is 0 Å². The van der Waals surface area contributed by atoms with E-state index in [0.717, 1.165) is 42.4 Å². The number of fused-ring (bicyclic) bond motifs is 5. The summed E-state index contributed by atoms with van der Waals surface area (Å²) >= 11 is 0. The Morgan fingerprint density at radius 1 is 0.938 bits per heavy atom. The molecule has 0 aliphatic heterocycles. The molecule has 0 spiro atoms. The molecule has 5 N–H and O–H groups in total. The molecule has 4 aliphatic rings. The molecule has 32 heavy (non-hydrogen) atoms. The number of nitrogens with two attached hydrogens (primary N) is 2. The Bertz CT molecular complexity index is 556. The number of aliphatic hydroxyl groups excluding tert-OH is 1. The van der Waals surface area contributed by atoms with Crippen molar-refractivity contribution in [2.45, 2.75) is 111 Å². The van der Waals surface area contributed by atoms with Crippen LogP contribution in [0.15, 0.2) is 12.3 Å². The van der Waals surface area contributed by atoms with Crippen molar-refractivity contribution in [3.8, 4) is 0 Å². The fourth-order valence-corrected chi connectivity index (χ4v) is 8.43. The second-order valence-electron chi connectivity index (χ2n) is 11.0. The summed E-state index contributed by atoms with van der Waals surface area (Å²) < 4.78 is 0. The van der Waals surface area contributed by atoms with Gasteiger partial charge in [0, 0.05) is 12.5 Å². The SMILES string of the molecule is C=C(O)CCCC1CCC2C3CCC4CC(N)CCC4(C)C3CCC12C.CC.CN.CP.